The lowest BCUT2D eigenvalue weighted by molar-refractivity contribution is 0.331. The van der Waals surface area contributed by atoms with E-state index >= 15 is 0 Å². The summed E-state index contributed by atoms with van der Waals surface area (Å²) in [4.78, 5) is 0. The van der Waals surface area contributed by atoms with Gasteiger partial charge in [-0.1, -0.05) is 48.5 Å². The lowest BCUT2D eigenvalue weighted by atomic mass is 9.87. The van der Waals surface area contributed by atoms with Crippen LogP contribution in [0.3, 0.4) is 0 Å². The minimum atomic E-state index is 0.244. The van der Waals surface area contributed by atoms with Crippen LogP contribution in [0.5, 0.6) is 11.5 Å². The summed E-state index contributed by atoms with van der Waals surface area (Å²) in [5.41, 5.74) is 5.17. The summed E-state index contributed by atoms with van der Waals surface area (Å²) in [5, 5.41) is 5.09. The van der Waals surface area contributed by atoms with Crippen LogP contribution in [0.15, 0.2) is 79.0 Å². The SMILES string of the molecule is CCOc1ccccc1C1NCCC1c1cn(Cc2cccc(OC)c2)c2ccccc12. The molecule has 164 valence electrons. The molecule has 0 bridgehead atoms. The standard InChI is InChI=1S/C28H30N2O2/c1-3-32-27-14-7-5-12-24(27)28-23(15-16-29-28)25-19-30(26-13-6-4-11-22(25)26)18-20-9-8-10-21(17-20)31-2/h4-14,17,19,23,28-29H,3,15-16,18H2,1-2H3. The van der Waals surface area contributed by atoms with E-state index in [1.54, 1.807) is 7.11 Å². The predicted octanol–water partition coefficient (Wildman–Crippen LogP) is 5.92. The minimum Gasteiger partial charge on any atom is -0.497 e. The molecule has 2 atom stereocenters. The van der Waals surface area contributed by atoms with E-state index < -0.39 is 0 Å². The molecule has 0 spiro atoms. The Hall–Kier alpha value is -3.24. The number of aromatic nitrogens is 1. The number of nitrogens with one attached hydrogen (secondary N) is 1. The molecule has 1 N–H and O–H groups in total. The summed E-state index contributed by atoms with van der Waals surface area (Å²) in [7, 11) is 1.72. The van der Waals surface area contributed by atoms with Crippen LogP contribution >= 0.6 is 0 Å². The van der Waals surface area contributed by atoms with Gasteiger partial charge in [0.1, 0.15) is 11.5 Å². The molecule has 0 saturated carbocycles. The first-order chi connectivity index (χ1) is 15.8. The molecule has 4 nitrogen and oxygen atoms in total. The third-order valence-electron chi connectivity index (χ3n) is 6.48. The van der Waals surface area contributed by atoms with E-state index in [0.29, 0.717) is 12.5 Å². The molecular weight excluding hydrogens is 396 g/mol. The van der Waals surface area contributed by atoms with Gasteiger partial charge in [-0.2, -0.15) is 0 Å². The highest BCUT2D eigenvalue weighted by Gasteiger charge is 2.33. The molecular formula is C28H30N2O2. The van der Waals surface area contributed by atoms with Gasteiger partial charge >= 0.3 is 0 Å². The molecule has 1 fully saturated rings. The predicted molar refractivity (Wildman–Crippen MR) is 130 cm³/mol. The molecule has 2 unspecified atom stereocenters. The molecule has 2 heterocycles. The van der Waals surface area contributed by atoms with Gasteiger partial charge in [0, 0.05) is 41.2 Å². The number of fused-ring (bicyclic) bond motifs is 1. The molecule has 4 aromatic rings. The van der Waals surface area contributed by atoms with E-state index in [2.05, 4.69) is 82.8 Å². The van der Waals surface area contributed by atoms with Gasteiger partial charge in [-0.05, 0) is 55.3 Å². The van der Waals surface area contributed by atoms with Crippen molar-refractivity contribution in [2.24, 2.45) is 0 Å². The topological polar surface area (TPSA) is 35.4 Å². The summed E-state index contributed by atoms with van der Waals surface area (Å²) < 4.78 is 13.8. The van der Waals surface area contributed by atoms with Crippen LogP contribution in [0.2, 0.25) is 0 Å². The van der Waals surface area contributed by atoms with Gasteiger partial charge in [-0.15, -0.1) is 0 Å². The highest BCUT2D eigenvalue weighted by atomic mass is 16.5. The summed E-state index contributed by atoms with van der Waals surface area (Å²) in [6, 6.07) is 25.8. The molecule has 1 aliphatic heterocycles. The molecule has 1 aliphatic rings. The van der Waals surface area contributed by atoms with Crippen molar-refractivity contribution in [2.75, 3.05) is 20.3 Å². The number of rotatable bonds is 7. The second-order valence-corrected chi connectivity index (χ2v) is 8.38. The van der Waals surface area contributed by atoms with E-state index in [1.165, 1.54) is 27.6 Å². The van der Waals surface area contributed by atoms with E-state index in [9.17, 15) is 0 Å². The third kappa shape index (κ3) is 3.87. The fourth-order valence-electron chi connectivity index (χ4n) is 5.06. The van der Waals surface area contributed by atoms with E-state index in [-0.39, 0.29) is 6.04 Å². The fraction of sp³-hybridized carbons (Fsp3) is 0.286. The van der Waals surface area contributed by atoms with E-state index in [0.717, 1.165) is 31.0 Å². The zero-order valence-electron chi connectivity index (χ0n) is 18.8. The van der Waals surface area contributed by atoms with Gasteiger partial charge in [0.2, 0.25) is 0 Å². The maximum atomic E-state index is 5.97. The maximum absolute atomic E-state index is 5.97. The molecule has 0 amide bonds. The Balaban J connectivity index is 1.54. The highest BCUT2D eigenvalue weighted by molar-refractivity contribution is 5.85. The molecule has 5 rings (SSSR count). The van der Waals surface area contributed by atoms with Gasteiger partial charge in [0.15, 0.2) is 0 Å². The molecule has 1 aromatic heterocycles. The average molecular weight is 427 g/mol. The Kier molecular flexibility index (Phi) is 5.87. The number of hydrogen-bond acceptors (Lipinski definition) is 3. The molecule has 3 aromatic carbocycles. The second-order valence-electron chi connectivity index (χ2n) is 8.38. The van der Waals surface area contributed by atoms with Gasteiger partial charge in [0.25, 0.3) is 0 Å². The van der Waals surface area contributed by atoms with Crippen molar-refractivity contribution in [1.29, 1.82) is 0 Å². The highest BCUT2D eigenvalue weighted by Crippen LogP contribution is 2.43. The number of methoxy groups -OCH3 is 1. The van der Waals surface area contributed by atoms with Crippen molar-refractivity contribution in [3.05, 3.63) is 95.7 Å². The van der Waals surface area contributed by atoms with Crippen molar-refractivity contribution >= 4 is 10.9 Å². The number of benzene rings is 3. The van der Waals surface area contributed by atoms with Crippen molar-refractivity contribution < 1.29 is 9.47 Å². The van der Waals surface area contributed by atoms with Crippen LogP contribution in [0.4, 0.5) is 0 Å². The number of ether oxygens (including phenoxy) is 2. The maximum Gasteiger partial charge on any atom is 0.124 e. The van der Waals surface area contributed by atoms with Crippen LogP contribution in [0, 0.1) is 0 Å². The van der Waals surface area contributed by atoms with Crippen LogP contribution in [0.25, 0.3) is 10.9 Å². The first kappa shape index (κ1) is 20.7. The molecule has 0 radical (unpaired) electrons. The number of hydrogen-bond donors (Lipinski definition) is 1. The van der Waals surface area contributed by atoms with Gasteiger partial charge in [-0.25, -0.2) is 0 Å². The van der Waals surface area contributed by atoms with Crippen molar-refractivity contribution in [3.63, 3.8) is 0 Å². The number of para-hydroxylation sites is 2. The minimum absolute atomic E-state index is 0.244. The van der Waals surface area contributed by atoms with Crippen molar-refractivity contribution in [3.8, 4) is 11.5 Å². The lowest BCUT2D eigenvalue weighted by Gasteiger charge is -2.22. The summed E-state index contributed by atoms with van der Waals surface area (Å²) in [5.74, 6) is 2.28. The average Bonchev–Trinajstić information content (AvgIpc) is 3.45. The number of nitrogens with zero attached hydrogens (tertiary/aromatic N) is 1. The van der Waals surface area contributed by atoms with Gasteiger partial charge in [0.05, 0.1) is 13.7 Å². The zero-order valence-corrected chi connectivity index (χ0v) is 18.8. The quantitative estimate of drug-likeness (QED) is 0.399. The summed E-state index contributed by atoms with van der Waals surface area (Å²) in [6.45, 7) is 4.54. The van der Waals surface area contributed by atoms with Crippen LogP contribution in [0.1, 0.15) is 42.0 Å². The summed E-state index contributed by atoms with van der Waals surface area (Å²) in [6.07, 6.45) is 3.47. The Labute approximate surface area is 189 Å². The first-order valence-corrected chi connectivity index (χ1v) is 11.4. The fourth-order valence-corrected chi connectivity index (χ4v) is 5.06. The molecule has 1 saturated heterocycles. The Morgan fingerprint density at radius 3 is 2.69 bits per heavy atom. The zero-order chi connectivity index (χ0) is 21.9. The van der Waals surface area contributed by atoms with Crippen LogP contribution in [-0.2, 0) is 6.54 Å². The third-order valence-corrected chi connectivity index (χ3v) is 6.48. The van der Waals surface area contributed by atoms with Crippen molar-refractivity contribution in [1.82, 2.24) is 9.88 Å². The smallest absolute Gasteiger partial charge is 0.124 e. The van der Waals surface area contributed by atoms with Crippen LogP contribution in [-0.4, -0.2) is 24.8 Å². The van der Waals surface area contributed by atoms with Gasteiger partial charge < -0.3 is 19.4 Å². The Bertz CT molecular complexity index is 1210. The normalized spacial score (nSPS) is 18.2. The second kappa shape index (κ2) is 9.09. The van der Waals surface area contributed by atoms with E-state index in [1.807, 2.05) is 13.0 Å². The largest absolute Gasteiger partial charge is 0.497 e. The van der Waals surface area contributed by atoms with E-state index in [4.69, 9.17) is 9.47 Å². The molecule has 4 heteroatoms. The molecule has 32 heavy (non-hydrogen) atoms. The molecule has 0 aliphatic carbocycles. The monoisotopic (exact) mass is 426 g/mol. The summed E-state index contributed by atoms with van der Waals surface area (Å²) >= 11 is 0. The Morgan fingerprint density at radius 2 is 1.81 bits per heavy atom. The van der Waals surface area contributed by atoms with Crippen LogP contribution < -0.4 is 14.8 Å². The van der Waals surface area contributed by atoms with Crippen molar-refractivity contribution in [2.45, 2.75) is 31.8 Å². The first-order valence-electron chi connectivity index (χ1n) is 11.4. The lowest BCUT2D eigenvalue weighted by Crippen LogP contribution is -2.18. The van der Waals surface area contributed by atoms with Gasteiger partial charge in [-0.3, -0.25) is 0 Å². The Morgan fingerprint density at radius 1 is 0.969 bits per heavy atom.